The second kappa shape index (κ2) is 4.18. The van der Waals surface area contributed by atoms with Crippen LogP contribution in [0.5, 0.6) is 0 Å². The van der Waals surface area contributed by atoms with E-state index >= 15 is 0 Å². The highest BCUT2D eigenvalue weighted by Crippen LogP contribution is 2.32. The Morgan fingerprint density at radius 1 is 1.64 bits per heavy atom. The quantitative estimate of drug-likeness (QED) is 0.849. The Balaban J connectivity index is 3.32. The number of hydrogen-bond donors (Lipinski definition) is 1. The number of hydrogen-bond acceptors (Lipinski definition) is 2. The molecule has 0 bridgehead atoms. The van der Waals surface area contributed by atoms with Gasteiger partial charge < -0.3 is 5.73 Å². The molecule has 0 aliphatic heterocycles. The van der Waals surface area contributed by atoms with Crippen LogP contribution in [0.15, 0.2) is 10.5 Å². The number of carbonyl (C=O) groups is 1. The summed E-state index contributed by atoms with van der Waals surface area (Å²) in [6.45, 7) is 0. The summed E-state index contributed by atoms with van der Waals surface area (Å²) >= 11 is 8.30. The first-order chi connectivity index (χ1) is 6.43. The molecule has 3 nitrogen and oxygen atoms in total. The molecule has 0 fully saturated rings. The van der Waals surface area contributed by atoms with Gasteiger partial charge in [-0.05, 0) is 6.07 Å². The lowest BCUT2D eigenvalue weighted by molar-refractivity contribution is 0.0994. The number of nitrogens with two attached hydrogens (primary N) is 1. The van der Waals surface area contributed by atoms with Gasteiger partial charge in [-0.1, -0.05) is 27.5 Å². The lowest BCUT2D eigenvalue weighted by Crippen LogP contribution is -2.13. The molecule has 2 N–H and O–H groups in total. The van der Waals surface area contributed by atoms with E-state index in [1.807, 2.05) is 0 Å². The number of carbonyl (C=O) groups excluding carboxylic acids is 1. The summed E-state index contributed by atoms with van der Waals surface area (Å²) in [5.41, 5.74) is 4.30. The number of halogens is 4. The Bertz CT molecular complexity index is 363. The Labute approximate surface area is 91.4 Å². The highest BCUT2D eigenvalue weighted by molar-refractivity contribution is 9.10. The van der Waals surface area contributed by atoms with Gasteiger partial charge in [0.2, 0.25) is 0 Å². The zero-order valence-corrected chi connectivity index (χ0v) is 8.94. The molecule has 0 saturated carbocycles. The van der Waals surface area contributed by atoms with Crippen LogP contribution in [0.1, 0.15) is 22.5 Å². The second-order valence-electron chi connectivity index (χ2n) is 2.36. The van der Waals surface area contributed by atoms with Crippen LogP contribution in [0.25, 0.3) is 0 Å². The van der Waals surface area contributed by atoms with Crippen molar-refractivity contribution in [3.63, 3.8) is 0 Å². The van der Waals surface area contributed by atoms with Crippen LogP contribution in [0, 0.1) is 0 Å². The molecule has 0 spiro atoms. The normalized spacial score (nSPS) is 10.6. The van der Waals surface area contributed by atoms with Crippen molar-refractivity contribution in [1.82, 2.24) is 4.98 Å². The van der Waals surface area contributed by atoms with Gasteiger partial charge >= 0.3 is 0 Å². The molecule has 1 amide bonds. The van der Waals surface area contributed by atoms with Crippen molar-refractivity contribution in [3.05, 3.63) is 26.9 Å². The van der Waals surface area contributed by atoms with E-state index in [0.29, 0.717) is 0 Å². The lowest BCUT2D eigenvalue weighted by atomic mass is 10.2. The van der Waals surface area contributed by atoms with Gasteiger partial charge in [0.25, 0.3) is 12.3 Å². The van der Waals surface area contributed by atoms with Crippen molar-refractivity contribution in [3.8, 4) is 0 Å². The van der Waals surface area contributed by atoms with Gasteiger partial charge in [-0.25, -0.2) is 13.8 Å². The number of alkyl halides is 2. The maximum Gasteiger partial charge on any atom is 0.267 e. The fourth-order valence-corrected chi connectivity index (χ4v) is 1.78. The van der Waals surface area contributed by atoms with Crippen LogP contribution < -0.4 is 5.73 Å². The first kappa shape index (κ1) is 11.3. The number of primary amides is 1. The molecule has 0 atom stereocenters. The van der Waals surface area contributed by atoms with Gasteiger partial charge in [-0.3, -0.25) is 4.79 Å². The Kier molecular flexibility index (Phi) is 3.38. The zero-order chi connectivity index (χ0) is 10.9. The summed E-state index contributed by atoms with van der Waals surface area (Å²) in [6.07, 6.45) is -2.76. The Morgan fingerprint density at radius 2 is 2.21 bits per heavy atom. The molecule has 1 aromatic rings. The molecule has 76 valence electrons. The first-order valence-corrected chi connectivity index (χ1v) is 4.54. The summed E-state index contributed by atoms with van der Waals surface area (Å²) < 4.78 is 24.7. The standard InChI is InChI=1S/C7H4BrClF2N2O/c8-2-1-3(7(12)14)13-5(9)4(2)6(10)11/h1,6H,(H2,12,14). The molecule has 7 heteroatoms. The van der Waals surface area contributed by atoms with Crippen LogP contribution in [-0.4, -0.2) is 10.9 Å². The van der Waals surface area contributed by atoms with E-state index in [2.05, 4.69) is 20.9 Å². The van der Waals surface area contributed by atoms with Gasteiger partial charge in [0.05, 0.1) is 5.56 Å². The number of aromatic nitrogens is 1. The van der Waals surface area contributed by atoms with E-state index in [1.165, 1.54) is 0 Å². The number of rotatable bonds is 2. The molecule has 1 rings (SSSR count). The van der Waals surface area contributed by atoms with Gasteiger partial charge in [-0.2, -0.15) is 0 Å². The van der Waals surface area contributed by atoms with Gasteiger partial charge in [-0.15, -0.1) is 0 Å². The minimum absolute atomic E-state index is 0.0151. The summed E-state index contributed by atoms with van der Waals surface area (Å²) in [7, 11) is 0. The molecule has 0 saturated heterocycles. The number of pyridine rings is 1. The van der Waals surface area contributed by atoms with Crippen molar-refractivity contribution in [2.24, 2.45) is 5.73 Å². The molecule has 14 heavy (non-hydrogen) atoms. The van der Waals surface area contributed by atoms with Crippen molar-refractivity contribution in [2.45, 2.75) is 6.43 Å². The van der Waals surface area contributed by atoms with Crippen molar-refractivity contribution in [2.75, 3.05) is 0 Å². The minimum atomic E-state index is -2.76. The molecule has 0 aliphatic rings. The third-order valence-corrected chi connectivity index (χ3v) is 2.38. The molecular weight excluding hydrogens is 281 g/mol. The van der Waals surface area contributed by atoms with E-state index in [-0.39, 0.29) is 10.2 Å². The average Bonchev–Trinajstić information content (AvgIpc) is 2.01. The first-order valence-electron chi connectivity index (χ1n) is 3.37. The second-order valence-corrected chi connectivity index (χ2v) is 3.57. The van der Waals surface area contributed by atoms with E-state index in [0.717, 1.165) is 6.07 Å². The zero-order valence-electron chi connectivity index (χ0n) is 6.60. The molecule has 0 aliphatic carbocycles. The molecule has 0 unspecified atom stereocenters. The summed E-state index contributed by atoms with van der Waals surface area (Å²) in [4.78, 5) is 14.1. The van der Waals surface area contributed by atoms with Crippen molar-refractivity contribution >= 4 is 33.4 Å². The largest absolute Gasteiger partial charge is 0.364 e. The van der Waals surface area contributed by atoms with E-state index in [1.54, 1.807) is 0 Å². The number of amides is 1. The van der Waals surface area contributed by atoms with Crippen LogP contribution in [0.3, 0.4) is 0 Å². The summed E-state index contributed by atoms with van der Waals surface area (Å²) in [5, 5.41) is -0.428. The average molecular weight is 285 g/mol. The SMILES string of the molecule is NC(=O)c1cc(Br)c(C(F)F)c(Cl)n1. The third kappa shape index (κ3) is 2.19. The van der Waals surface area contributed by atoms with Crippen LogP contribution >= 0.6 is 27.5 Å². The van der Waals surface area contributed by atoms with Crippen LogP contribution in [0.4, 0.5) is 8.78 Å². The molecular formula is C7H4BrClF2N2O. The van der Waals surface area contributed by atoms with Crippen molar-refractivity contribution in [1.29, 1.82) is 0 Å². The fourth-order valence-electron chi connectivity index (χ4n) is 0.815. The summed E-state index contributed by atoms with van der Waals surface area (Å²) in [5.74, 6) is -0.826. The monoisotopic (exact) mass is 284 g/mol. The topological polar surface area (TPSA) is 56.0 Å². The Hall–Kier alpha value is -0.750. The van der Waals surface area contributed by atoms with Crippen LogP contribution in [-0.2, 0) is 0 Å². The highest BCUT2D eigenvalue weighted by Gasteiger charge is 2.19. The predicted octanol–water partition coefficient (Wildman–Crippen LogP) is 2.53. The minimum Gasteiger partial charge on any atom is -0.364 e. The van der Waals surface area contributed by atoms with Crippen molar-refractivity contribution < 1.29 is 13.6 Å². The van der Waals surface area contributed by atoms with E-state index < -0.39 is 23.0 Å². The maximum absolute atomic E-state index is 12.4. The van der Waals surface area contributed by atoms with Crippen LogP contribution in [0.2, 0.25) is 5.15 Å². The Morgan fingerprint density at radius 3 is 2.57 bits per heavy atom. The lowest BCUT2D eigenvalue weighted by Gasteiger charge is -2.06. The van der Waals surface area contributed by atoms with Gasteiger partial charge in [0, 0.05) is 4.47 Å². The van der Waals surface area contributed by atoms with E-state index in [9.17, 15) is 13.6 Å². The van der Waals surface area contributed by atoms with Gasteiger partial charge in [0.1, 0.15) is 10.8 Å². The smallest absolute Gasteiger partial charge is 0.267 e. The van der Waals surface area contributed by atoms with E-state index in [4.69, 9.17) is 17.3 Å². The highest BCUT2D eigenvalue weighted by atomic mass is 79.9. The maximum atomic E-state index is 12.4. The number of nitrogens with zero attached hydrogens (tertiary/aromatic N) is 1. The molecule has 0 aromatic carbocycles. The summed E-state index contributed by atoms with van der Waals surface area (Å²) in [6, 6.07) is 1.11. The molecule has 1 aromatic heterocycles. The van der Waals surface area contributed by atoms with Gasteiger partial charge in [0.15, 0.2) is 0 Å². The predicted molar refractivity (Wildman–Crippen MR) is 50.4 cm³/mol. The third-order valence-electron chi connectivity index (χ3n) is 1.43. The fraction of sp³-hybridized carbons (Fsp3) is 0.143. The molecule has 0 radical (unpaired) electrons. The molecule has 1 heterocycles.